The van der Waals surface area contributed by atoms with Crippen LogP contribution in [0, 0.1) is 13.8 Å². The Morgan fingerprint density at radius 3 is 2.46 bits per heavy atom. The monoisotopic (exact) mass is 407 g/mol. The number of nitrogens with zero attached hydrogens (tertiary/aromatic N) is 1. The van der Waals surface area contributed by atoms with Crippen molar-refractivity contribution in [2.24, 2.45) is 0 Å². The van der Waals surface area contributed by atoms with Crippen molar-refractivity contribution >= 4 is 15.9 Å². The summed E-state index contributed by atoms with van der Waals surface area (Å²) >= 11 is 0. The van der Waals surface area contributed by atoms with Crippen molar-refractivity contribution in [1.82, 2.24) is 14.9 Å². The van der Waals surface area contributed by atoms with E-state index < -0.39 is 10.0 Å². The first-order valence-corrected chi connectivity index (χ1v) is 10.5. The molecule has 9 heteroatoms. The summed E-state index contributed by atoms with van der Waals surface area (Å²) in [6.07, 6.45) is 1.37. The fraction of sp³-hybridized carbons (Fsp3) is 0.421. The van der Waals surface area contributed by atoms with Gasteiger partial charge < -0.3 is 19.4 Å². The lowest BCUT2D eigenvalue weighted by molar-refractivity contribution is 0.0735. The Morgan fingerprint density at radius 2 is 1.86 bits per heavy atom. The zero-order valence-corrected chi connectivity index (χ0v) is 17.1. The van der Waals surface area contributed by atoms with Gasteiger partial charge in [-0.05, 0) is 43.2 Å². The van der Waals surface area contributed by atoms with E-state index in [9.17, 15) is 13.2 Å². The van der Waals surface area contributed by atoms with Gasteiger partial charge in [0, 0.05) is 26.2 Å². The molecule has 0 spiro atoms. The molecule has 1 aromatic carbocycles. The van der Waals surface area contributed by atoms with E-state index in [2.05, 4.69) is 10.0 Å². The number of rotatable bonds is 6. The van der Waals surface area contributed by atoms with Crippen molar-refractivity contribution in [3.8, 4) is 5.75 Å². The van der Waals surface area contributed by atoms with Gasteiger partial charge >= 0.3 is 0 Å². The SMILES string of the molecule is COc1cc(C)c(S(=O)(=O)NCc2cc(C(=O)N3CCNCC3)co2)c(C)c1. The predicted molar refractivity (Wildman–Crippen MR) is 104 cm³/mol. The molecule has 1 aromatic heterocycles. The molecule has 152 valence electrons. The van der Waals surface area contributed by atoms with Crippen LogP contribution in [0.25, 0.3) is 0 Å². The number of carbonyl (C=O) groups is 1. The summed E-state index contributed by atoms with van der Waals surface area (Å²) in [5.41, 5.74) is 1.62. The molecule has 2 aromatic rings. The van der Waals surface area contributed by atoms with E-state index in [1.165, 1.54) is 13.4 Å². The third-order valence-corrected chi connectivity index (χ3v) is 6.39. The molecule has 1 aliphatic rings. The van der Waals surface area contributed by atoms with Gasteiger partial charge in [0.2, 0.25) is 10.0 Å². The molecule has 0 aliphatic carbocycles. The highest BCUT2D eigenvalue weighted by Crippen LogP contribution is 2.25. The van der Waals surface area contributed by atoms with Crippen LogP contribution in [0.1, 0.15) is 27.2 Å². The van der Waals surface area contributed by atoms with E-state index in [-0.39, 0.29) is 17.3 Å². The summed E-state index contributed by atoms with van der Waals surface area (Å²) < 4.78 is 38.6. The third-order valence-electron chi connectivity index (χ3n) is 4.68. The topological polar surface area (TPSA) is 101 Å². The Labute approximate surface area is 164 Å². The van der Waals surface area contributed by atoms with Crippen LogP contribution in [-0.2, 0) is 16.6 Å². The maximum Gasteiger partial charge on any atom is 0.257 e. The maximum absolute atomic E-state index is 12.8. The Hall–Kier alpha value is -2.36. The minimum atomic E-state index is -3.75. The number of methoxy groups -OCH3 is 1. The minimum Gasteiger partial charge on any atom is -0.497 e. The average molecular weight is 407 g/mol. The lowest BCUT2D eigenvalue weighted by Crippen LogP contribution is -2.46. The van der Waals surface area contributed by atoms with Crippen LogP contribution in [0.4, 0.5) is 0 Å². The number of nitrogens with one attached hydrogen (secondary N) is 2. The van der Waals surface area contributed by atoms with Crippen LogP contribution in [-0.4, -0.2) is 52.5 Å². The van der Waals surface area contributed by atoms with Crippen LogP contribution in [0.2, 0.25) is 0 Å². The van der Waals surface area contributed by atoms with Crippen molar-refractivity contribution in [2.45, 2.75) is 25.3 Å². The van der Waals surface area contributed by atoms with Gasteiger partial charge in [-0.1, -0.05) is 0 Å². The van der Waals surface area contributed by atoms with Gasteiger partial charge in [0.1, 0.15) is 17.8 Å². The summed E-state index contributed by atoms with van der Waals surface area (Å²) in [7, 11) is -2.21. The van der Waals surface area contributed by atoms with E-state index in [1.807, 2.05) is 0 Å². The molecular weight excluding hydrogens is 382 g/mol. The quantitative estimate of drug-likeness (QED) is 0.751. The van der Waals surface area contributed by atoms with E-state index in [4.69, 9.17) is 9.15 Å². The average Bonchev–Trinajstić information content (AvgIpc) is 3.15. The van der Waals surface area contributed by atoms with Crippen molar-refractivity contribution in [2.75, 3.05) is 33.3 Å². The van der Waals surface area contributed by atoms with Crippen LogP contribution in [0.15, 0.2) is 33.8 Å². The number of sulfonamides is 1. The van der Waals surface area contributed by atoms with Crippen molar-refractivity contribution in [3.63, 3.8) is 0 Å². The molecule has 1 amide bonds. The standard InChI is InChI=1S/C19H25N3O5S/c1-13-8-16(26-3)9-14(2)18(13)28(24,25)21-11-17-10-15(12-27-17)19(23)22-6-4-20-5-7-22/h8-10,12,20-21H,4-7,11H2,1-3H3. The highest BCUT2D eigenvalue weighted by molar-refractivity contribution is 7.89. The second-order valence-electron chi connectivity index (χ2n) is 6.76. The number of carbonyl (C=O) groups excluding carboxylic acids is 1. The highest BCUT2D eigenvalue weighted by Gasteiger charge is 2.23. The highest BCUT2D eigenvalue weighted by atomic mass is 32.2. The summed E-state index contributed by atoms with van der Waals surface area (Å²) in [6.45, 7) is 6.21. The third kappa shape index (κ3) is 4.37. The minimum absolute atomic E-state index is 0.0396. The molecule has 8 nitrogen and oxygen atoms in total. The van der Waals surface area contributed by atoms with Gasteiger partial charge in [0.25, 0.3) is 5.91 Å². The Morgan fingerprint density at radius 1 is 1.21 bits per heavy atom. The second kappa shape index (κ2) is 8.34. The zero-order valence-electron chi connectivity index (χ0n) is 16.2. The van der Waals surface area contributed by atoms with E-state index in [1.54, 1.807) is 36.9 Å². The smallest absolute Gasteiger partial charge is 0.257 e. The summed E-state index contributed by atoms with van der Waals surface area (Å²) in [5.74, 6) is 0.878. The summed E-state index contributed by atoms with van der Waals surface area (Å²) in [4.78, 5) is 14.4. The predicted octanol–water partition coefficient (Wildman–Crippen LogP) is 1.43. The Bertz CT molecular complexity index is 939. The normalized spacial score (nSPS) is 14.9. The van der Waals surface area contributed by atoms with Crippen LogP contribution >= 0.6 is 0 Å². The second-order valence-corrected chi connectivity index (χ2v) is 8.46. The number of furan rings is 1. The molecule has 2 N–H and O–H groups in total. The molecule has 0 bridgehead atoms. The molecule has 0 radical (unpaired) electrons. The van der Waals surface area contributed by atoms with Gasteiger partial charge in [-0.25, -0.2) is 13.1 Å². The fourth-order valence-corrected chi connectivity index (χ4v) is 4.77. The van der Waals surface area contributed by atoms with E-state index in [0.717, 1.165) is 13.1 Å². The number of ether oxygens (including phenoxy) is 1. The molecule has 0 unspecified atom stereocenters. The number of hydrogen-bond acceptors (Lipinski definition) is 6. The van der Waals surface area contributed by atoms with Crippen LogP contribution < -0.4 is 14.8 Å². The maximum atomic E-state index is 12.8. The van der Waals surface area contributed by atoms with Crippen molar-refractivity contribution in [3.05, 3.63) is 46.9 Å². The fourth-order valence-electron chi connectivity index (χ4n) is 3.33. The summed E-state index contributed by atoms with van der Waals surface area (Å²) in [6, 6.07) is 4.94. The molecule has 3 rings (SSSR count). The molecule has 1 saturated heterocycles. The van der Waals surface area contributed by atoms with Gasteiger partial charge in [-0.15, -0.1) is 0 Å². The van der Waals surface area contributed by atoms with E-state index >= 15 is 0 Å². The molecule has 1 fully saturated rings. The van der Waals surface area contributed by atoms with Gasteiger partial charge in [0.15, 0.2) is 0 Å². The van der Waals surface area contributed by atoms with Gasteiger partial charge in [0.05, 0.1) is 24.1 Å². The number of piperazine rings is 1. The Balaban J connectivity index is 1.70. The van der Waals surface area contributed by atoms with Crippen LogP contribution in [0.5, 0.6) is 5.75 Å². The van der Waals surface area contributed by atoms with Gasteiger partial charge in [-0.2, -0.15) is 0 Å². The van der Waals surface area contributed by atoms with Crippen molar-refractivity contribution < 1.29 is 22.4 Å². The summed E-state index contributed by atoms with van der Waals surface area (Å²) in [5, 5.41) is 3.19. The molecule has 1 aliphatic heterocycles. The van der Waals surface area contributed by atoms with E-state index in [0.29, 0.717) is 41.3 Å². The molecule has 0 saturated carbocycles. The lowest BCUT2D eigenvalue weighted by Gasteiger charge is -2.26. The van der Waals surface area contributed by atoms with Gasteiger partial charge in [-0.3, -0.25) is 4.79 Å². The first-order valence-electron chi connectivity index (χ1n) is 9.04. The largest absolute Gasteiger partial charge is 0.497 e. The number of benzene rings is 1. The first kappa shape index (κ1) is 20.4. The Kier molecular flexibility index (Phi) is 6.07. The lowest BCUT2D eigenvalue weighted by atomic mass is 10.1. The molecular formula is C19H25N3O5S. The zero-order chi connectivity index (χ0) is 20.3. The molecule has 2 heterocycles. The first-order chi connectivity index (χ1) is 13.3. The number of aryl methyl sites for hydroxylation is 2. The molecule has 0 atom stereocenters. The molecule has 28 heavy (non-hydrogen) atoms. The van der Waals surface area contributed by atoms with Crippen LogP contribution in [0.3, 0.4) is 0 Å². The van der Waals surface area contributed by atoms with Crippen molar-refractivity contribution in [1.29, 1.82) is 0 Å². The number of amides is 1. The number of hydrogen-bond donors (Lipinski definition) is 2.